The first-order valence-corrected chi connectivity index (χ1v) is 23.2. The van der Waals surface area contributed by atoms with Crippen LogP contribution in [0.15, 0.2) is 36.5 Å². The van der Waals surface area contributed by atoms with Gasteiger partial charge in [-0.1, -0.05) is 179 Å². The third kappa shape index (κ3) is 27.9. The topological polar surface area (TPSA) is 149 Å². The van der Waals surface area contributed by atoms with Crippen LogP contribution in [-0.2, 0) is 14.3 Å². The third-order valence-electron chi connectivity index (χ3n) is 10.9. The molecule has 1 aliphatic heterocycles. The van der Waals surface area contributed by atoms with Crippen LogP contribution in [0.2, 0.25) is 0 Å². The summed E-state index contributed by atoms with van der Waals surface area (Å²) >= 11 is 0. The molecule has 56 heavy (non-hydrogen) atoms. The molecule has 0 saturated carbocycles. The molecule has 0 aromatic rings. The molecule has 7 atom stereocenters. The highest BCUT2D eigenvalue weighted by atomic mass is 16.7. The molecule has 0 aromatic heterocycles. The first-order valence-electron chi connectivity index (χ1n) is 23.2. The van der Waals surface area contributed by atoms with Crippen LogP contribution in [0.5, 0.6) is 0 Å². The van der Waals surface area contributed by atoms with E-state index in [1.54, 1.807) is 6.08 Å². The van der Waals surface area contributed by atoms with Gasteiger partial charge in [-0.25, -0.2) is 0 Å². The average Bonchev–Trinajstić information content (AvgIpc) is 3.20. The van der Waals surface area contributed by atoms with Crippen molar-refractivity contribution in [3.05, 3.63) is 36.5 Å². The number of carbonyl (C=O) groups excluding carboxylic acids is 1. The fraction of sp³-hybridized carbons (Fsp3) is 0.851. The molecule has 0 aliphatic carbocycles. The zero-order valence-corrected chi connectivity index (χ0v) is 35.9. The molecule has 6 N–H and O–H groups in total. The molecule has 1 aliphatic rings. The lowest BCUT2D eigenvalue weighted by molar-refractivity contribution is -0.302. The van der Waals surface area contributed by atoms with Gasteiger partial charge in [0.15, 0.2) is 6.29 Å². The van der Waals surface area contributed by atoms with Crippen molar-refractivity contribution >= 4 is 5.91 Å². The van der Waals surface area contributed by atoms with Gasteiger partial charge in [-0.2, -0.15) is 0 Å². The average molecular weight is 794 g/mol. The van der Waals surface area contributed by atoms with Crippen LogP contribution >= 0.6 is 0 Å². The van der Waals surface area contributed by atoms with Crippen molar-refractivity contribution in [1.29, 1.82) is 0 Å². The fourth-order valence-electron chi connectivity index (χ4n) is 7.15. The van der Waals surface area contributed by atoms with E-state index in [1.165, 1.54) is 116 Å². The van der Waals surface area contributed by atoms with Crippen molar-refractivity contribution < 1.29 is 39.8 Å². The summed E-state index contributed by atoms with van der Waals surface area (Å²) in [5.41, 5.74) is 0. The molecule has 1 amide bonds. The second-order valence-corrected chi connectivity index (χ2v) is 16.2. The maximum absolute atomic E-state index is 12.9. The quantitative estimate of drug-likeness (QED) is 0.0268. The molecular formula is C47H87NO8. The normalized spacial score (nSPS) is 21.4. The van der Waals surface area contributed by atoms with Gasteiger partial charge >= 0.3 is 0 Å². The van der Waals surface area contributed by atoms with Gasteiger partial charge in [0, 0.05) is 6.42 Å². The van der Waals surface area contributed by atoms with Gasteiger partial charge in [0.25, 0.3) is 0 Å². The van der Waals surface area contributed by atoms with Crippen LogP contribution in [0.1, 0.15) is 200 Å². The molecule has 1 heterocycles. The molecule has 1 rings (SSSR count). The van der Waals surface area contributed by atoms with Crippen molar-refractivity contribution in [2.24, 2.45) is 0 Å². The van der Waals surface area contributed by atoms with E-state index in [0.29, 0.717) is 6.42 Å². The number of carbonyl (C=O) groups is 1. The Morgan fingerprint density at radius 1 is 0.589 bits per heavy atom. The van der Waals surface area contributed by atoms with Gasteiger partial charge in [-0.3, -0.25) is 4.79 Å². The van der Waals surface area contributed by atoms with Crippen molar-refractivity contribution in [3.63, 3.8) is 0 Å². The molecule has 0 spiro atoms. The Bertz CT molecular complexity index is 972. The second-order valence-electron chi connectivity index (χ2n) is 16.2. The van der Waals surface area contributed by atoms with Crippen LogP contribution in [0.25, 0.3) is 0 Å². The molecule has 0 aromatic carbocycles. The minimum Gasteiger partial charge on any atom is -0.394 e. The second kappa shape index (κ2) is 37.7. The monoisotopic (exact) mass is 794 g/mol. The number of ether oxygens (including phenoxy) is 2. The van der Waals surface area contributed by atoms with E-state index >= 15 is 0 Å². The molecule has 1 saturated heterocycles. The standard InChI is InChI=1S/C47H87NO8/c1-3-5-7-9-11-13-15-16-17-18-19-20-21-22-23-24-25-27-28-30-32-34-36-41(50)40(39-55-47-46(54)45(53)44(52)42(38-49)56-47)48-43(51)37-35-33-31-29-26-14-12-10-8-6-4-2/h10,12,27-28,34,36,40-42,44-47,49-50,52-54H,3-9,11,13-26,29-33,35,37-39H2,1-2H3,(H,48,51)/b12-10-,28-27+,36-34+. The predicted molar refractivity (Wildman–Crippen MR) is 230 cm³/mol. The van der Waals surface area contributed by atoms with Crippen LogP contribution in [0.4, 0.5) is 0 Å². The van der Waals surface area contributed by atoms with Crippen LogP contribution in [0.3, 0.4) is 0 Å². The Kier molecular flexibility index (Phi) is 35.3. The minimum absolute atomic E-state index is 0.198. The Hall–Kier alpha value is -1.59. The zero-order chi connectivity index (χ0) is 40.9. The van der Waals surface area contributed by atoms with E-state index < -0.39 is 49.5 Å². The Balaban J connectivity index is 2.34. The van der Waals surface area contributed by atoms with E-state index in [1.807, 2.05) is 6.08 Å². The molecule has 7 unspecified atom stereocenters. The molecule has 1 fully saturated rings. The maximum Gasteiger partial charge on any atom is 0.220 e. The molecular weight excluding hydrogens is 707 g/mol. The summed E-state index contributed by atoms with van der Waals surface area (Å²) in [4.78, 5) is 12.9. The number of allylic oxidation sites excluding steroid dienone is 5. The number of aliphatic hydroxyl groups is 5. The predicted octanol–water partition coefficient (Wildman–Crippen LogP) is 9.67. The summed E-state index contributed by atoms with van der Waals surface area (Å²) in [6, 6.07) is -0.823. The Morgan fingerprint density at radius 3 is 1.55 bits per heavy atom. The molecule has 9 heteroatoms. The van der Waals surface area contributed by atoms with Crippen molar-refractivity contribution in [1.82, 2.24) is 5.32 Å². The number of aliphatic hydroxyl groups excluding tert-OH is 5. The van der Waals surface area contributed by atoms with Gasteiger partial charge in [0.2, 0.25) is 5.91 Å². The van der Waals surface area contributed by atoms with Gasteiger partial charge in [0.05, 0.1) is 25.4 Å². The first kappa shape index (κ1) is 52.4. The Morgan fingerprint density at radius 2 is 1.04 bits per heavy atom. The summed E-state index contributed by atoms with van der Waals surface area (Å²) in [5, 5.41) is 54.1. The van der Waals surface area contributed by atoms with E-state index in [4.69, 9.17) is 9.47 Å². The number of rotatable bonds is 38. The lowest BCUT2D eigenvalue weighted by atomic mass is 9.99. The highest BCUT2D eigenvalue weighted by Gasteiger charge is 2.44. The lowest BCUT2D eigenvalue weighted by Crippen LogP contribution is -2.60. The Labute approximate surface area is 342 Å². The highest BCUT2D eigenvalue weighted by Crippen LogP contribution is 2.22. The van der Waals surface area contributed by atoms with E-state index in [9.17, 15) is 30.3 Å². The molecule has 328 valence electrons. The minimum atomic E-state index is -1.57. The van der Waals surface area contributed by atoms with Crippen molar-refractivity contribution in [2.45, 2.75) is 243 Å². The van der Waals surface area contributed by atoms with Crippen LogP contribution < -0.4 is 5.32 Å². The summed E-state index contributed by atoms with van der Waals surface area (Å²) in [6.07, 6.45) is 39.2. The van der Waals surface area contributed by atoms with Gasteiger partial charge in [-0.15, -0.1) is 0 Å². The summed E-state index contributed by atoms with van der Waals surface area (Å²) < 4.78 is 11.2. The van der Waals surface area contributed by atoms with Gasteiger partial charge in [-0.05, 0) is 51.4 Å². The molecule has 9 nitrogen and oxygen atoms in total. The number of nitrogens with one attached hydrogen (secondary N) is 1. The van der Waals surface area contributed by atoms with E-state index in [-0.39, 0.29) is 12.5 Å². The van der Waals surface area contributed by atoms with E-state index in [2.05, 4.69) is 43.5 Å². The summed E-state index contributed by atoms with van der Waals surface area (Å²) in [6.45, 7) is 3.71. The maximum atomic E-state index is 12.9. The van der Waals surface area contributed by atoms with E-state index in [0.717, 1.165) is 64.2 Å². The van der Waals surface area contributed by atoms with Crippen molar-refractivity contribution in [2.75, 3.05) is 13.2 Å². The largest absolute Gasteiger partial charge is 0.394 e. The van der Waals surface area contributed by atoms with Crippen LogP contribution in [0, 0.1) is 0 Å². The SMILES string of the molecule is CCCC/C=C\CCCCCCCC(=O)NC(COC1OC(CO)C(O)C(O)C1O)C(O)/C=C/CC/C=C/CCCCCCCCCCCCCCCCCC. The van der Waals surface area contributed by atoms with Gasteiger partial charge in [0.1, 0.15) is 24.4 Å². The number of hydrogen-bond donors (Lipinski definition) is 6. The highest BCUT2D eigenvalue weighted by molar-refractivity contribution is 5.76. The van der Waals surface area contributed by atoms with Gasteiger partial charge < -0.3 is 40.3 Å². The lowest BCUT2D eigenvalue weighted by Gasteiger charge is -2.40. The number of amides is 1. The number of unbranched alkanes of at least 4 members (excludes halogenated alkanes) is 24. The van der Waals surface area contributed by atoms with Crippen LogP contribution in [-0.4, -0.2) is 87.5 Å². The third-order valence-corrected chi connectivity index (χ3v) is 10.9. The smallest absolute Gasteiger partial charge is 0.220 e. The molecule has 0 bridgehead atoms. The zero-order valence-electron chi connectivity index (χ0n) is 35.9. The van der Waals surface area contributed by atoms with Crippen molar-refractivity contribution in [3.8, 4) is 0 Å². The first-order chi connectivity index (χ1) is 27.3. The fourth-order valence-corrected chi connectivity index (χ4v) is 7.15. The summed E-state index contributed by atoms with van der Waals surface area (Å²) in [5.74, 6) is -0.198. The molecule has 0 radical (unpaired) electrons. The summed E-state index contributed by atoms with van der Waals surface area (Å²) in [7, 11) is 0. The number of hydrogen-bond acceptors (Lipinski definition) is 8.